The molecule has 0 aliphatic carbocycles. The van der Waals surface area contributed by atoms with Gasteiger partial charge in [0.1, 0.15) is 6.17 Å². The molecule has 0 saturated carbocycles. The van der Waals surface area contributed by atoms with Crippen LogP contribution in [-0.4, -0.2) is 15.7 Å². The van der Waals surface area contributed by atoms with Gasteiger partial charge in [-0.1, -0.05) is 15.9 Å². The van der Waals surface area contributed by atoms with Gasteiger partial charge < -0.3 is 0 Å². The van der Waals surface area contributed by atoms with Crippen LogP contribution in [0.4, 0.5) is 4.39 Å². The van der Waals surface area contributed by atoms with Crippen molar-refractivity contribution in [3.8, 4) is 0 Å². The van der Waals surface area contributed by atoms with Crippen molar-refractivity contribution >= 4 is 26.8 Å². The minimum atomic E-state index is -1.07. The highest BCUT2D eigenvalue weighted by Crippen LogP contribution is 2.14. The van der Waals surface area contributed by atoms with Crippen LogP contribution < -0.4 is 5.56 Å². The van der Waals surface area contributed by atoms with E-state index in [2.05, 4.69) is 20.9 Å². The van der Waals surface area contributed by atoms with Crippen LogP contribution in [0.2, 0.25) is 0 Å². The molecule has 0 saturated heterocycles. The second-order valence-electron chi connectivity index (χ2n) is 3.64. The Balaban J connectivity index is 2.64. The van der Waals surface area contributed by atoms with Crippen molar-refractivity contribution in [2.24, 2.45) is 0 Å². The number of benzene rings is 1. The van der Waals surface area contributed by atoms with Crippen LogP contribution in [0.1, 0.15) is 6.92 Å². The zero-order chi connectivity index (χ0) is 11.7. The molecule has 1 atom stereocenters. The molecule has 16 heavy (non-hydrogen) atoms. The highest BCUT2D eigenvalue weighted by molar-refractivity contribution is 9.10. The summed E-state index contributed by atoms with van der Waals surface area (Å²) in [6.07, 6.45) is 0.318. The van der Waals surface area contributed by atoms with Gasteiger partial charge in [0.2, 0.25) is 0 Å². The fourth-order valence-corrected chi connectivity index (χ4v) is 1.89. The van der Waals surface area contributed by atoms with E-state index in [1.165, 1.54) is 17.8 Å². The molecule has 84 valence electrons. The molecule has 1 heterocycles. The van der Waals surface area contributed by atoms with E-state index >= 15 is 0 Å². The zero-order valence-corrected chi connectivity index (χ0v) is 10.2. The number of aromatic nitrogens is 2. The zero-order valence-electron chi connectivity index (χ0n) is 8.65. The van der Waals surface area contributed by atoms with Crippen molar-refractivity contribution in [1.82, 2.24) is 9.55 Å². The molecule has 1 unspecified atom stereocenters. The van der Waals surface area contributed by atoms with Crippen molar-refractivity contribution in [3.63, 3.8) is 0 Å². The van der Waals surface area contributed by atoms with E-state index in [4.69, 9.17) is 0 Å². The summed E-state index contributed by atoms with van der Waals surface area (Å²) in [6.45, 7) is 1.45. The van der Waals surface area contributed by atoms with Gasteiger partial charge in [0, 0.05) is 4.47 Å². The topological polar surface area (TPSA) is 34.9 Å². The van der Waals surface area contributed by atoms with Gasteiger partial charge in [-0.3, -0.25) is 9.36 Å². The van der Waals surface area contributed by atoms with Crippen LogP contribution in [-0.2, 0) is 6.54 Å². The number of fused-ring (bicyclic) bond motifs is 1. The third kappa shape index (κ3) is 2.14. The first-order valence-corrected chi connectivity index (χ1v) is 5.66. The van der Waals surface area contributed by atoms with E-state index in [9.17, 15) is 9.18 Å². The fraction of sp³-hybridized carbons (Fsp3) is 0.273. The number of rotatable bonds is 2. The first-order valence-electron chi connectivity index (χ1n) is 4.86. The Morgan fingerprint density at radius 3 is 3.00 bits per heavy atom. The molecule has 2 aromatic rings. The average Bonchev–Trinajstić information content (AvgIpc) is 2.22. The van der Waals surface area contributed by atoms with Crippen molar-refractivity contribution in [1.29, 1.82) is 0 Å². The highest BCUT2D eigenvalue weighted by Gasteiger charge is 2.06. The molecule has 0 aliphatic rings. The lowest BCUT2D eigenvalue weighted by molar-refractivity contribution is 0.317. The minimum absolute atomic E-state index is 0.0360. The quantitative estimate of drug-likeness (QED) is 0.849. The Morgan fingerprint density at radius 1 is 1.56 bits per heavy atom. The largest absolute Gasteiger partial charge is 0.296 e. The maximum atomic E-state index is 12.8. The number of hydrogen-bond acceptors (Lipinski definition) is 2. The maximum absolute atomic E-state index is 12.8. The van der Waals surface area contributed by atoms with E-state index in [0.717, 1.165) is 4.47 Å². The SMILES string of the molecule is CC(F)Cn1cnc2ccc(Br)cc2c1=O. The van der Waals surface area contributed by atoms with Gasteiger partial charge in [-0.25, -0.2) is 9.37 Å². The first kappa shape index (κ1) is 11.3. The van der Waals surface area contributed by atoms with Crippen LogP contribution in [0.25, 0.3) is 10.9 Å². The summed E-state index contributed by atoms with van der Waals surface area (Å²) in [5, 5.41) is 0.498. The number of hydrogen-bond donors (Lipinski definition) is 0. The van der Waals surface area contributed by atoms with Gasteiger partial charge in [0.05, 0.1) is 23.8 Å². The molecule has 0 spiro atoms. The minimum Gasteiger partial charge on any atom is -0.296 e. The van der Waals surface area contributed by atoms with Crippen molar-refractivity contribution < 1.29 is 4.39 Å². The van der Waals surface area contributed by atoms with Gasteiger partial charge >= 0.3 is 0 Å². The van der Waals surface area contributed by atoms with Crippen LogP contribution >= 0.6 is 15.9 Å². The van der Waals surface area contributed by atoms with Gasteiger partial charge in [0.15, 0.2) is 0 Å². The molecule has 1 aromatic heterocycles. The first-order chi connectivity index (χ1) is 7.58. The Kier molecular flexibility index (Phi) is 3.05. The van der Waals surface area contributed by atoms with E-state index < -0.39 is 6.17 Å². The Labute approximate surface area is 100 Å². The molecule has 0 amide bonds. The summed E-state index contributed by atoms with van der Waals surface area (Å²) in [4.78, 5) is 16.1. The van der Waals surface area contributed by atoms with Crippen LogP contribution in [0.15, 0.2) is 33.8 Å². The molecule has 5 heteroatoms. The molecule has 0 fully saturated rings. The third-order valence-corrected chi connectivity index (χ3v) is 2.73. The Morgan fingerprint density at radius 2 is 2.31 bits per heavy atom. The van der Waals surface area contributed by atoms with Crippen LogP contribution in [0, 0.1) is 0 Å². The van der Waals surface area contributed by atoms with E-state index in [1.54, 1.807) is 12.1 Å². The molecular weight excluding hydrogens is 275 g/mol. The summed E-state index contributed by atoms with van der Waals surface area (Å²) in [7, 11) is 0. The molecule has 0 radical (unpaired) electrons. The summed E-state index contributed by atoms with van der Waals surface area (Å²) >= 11 is 3.29. The normalized spacial score (nSPS) is 12.9. The lowest BCUT2D eigenvalue weighted by Crippen LogP contribution is -2.24. The highest BCUT2D eigenvalue weighted by atomic mass is 79.9. The summed E-state index contributed by atoms with van der Waals surface area (Å²) < 4.78 is 15.0. The van der Waals surface area contributed by atoms with Crippen molar-refractivity contribution in [2.75, 3.05) is 0 Å². The molecule has 2 rings (SSSR count). The molecule has 0 N–H and O–H groups in total. The van der Waals surface area contributed by atoms with Gasteiger partial charge in [0.25, 0.3) is 5.56 Å². The van der Waals surface area contributed by atoms with Crippen molar-refractivity contribution in [2.45, 2.75) is 19.6 Å². The van der Waals surface area contributed by atoms with Gasteiger partial charge in [-0.2, -0.15) is 0 Å². The average molecular weight is 285 g/mol. The summed E-state index contributed by atoms with van der Waals surface area (Å²) in [6, 6.07) is 5.27. The van der Waals surface area contributed by atoms with E-state index in [0.29, 0.717) is 10.9 Å². The lowest BCUT2D eigenvalue weighted by atomic mass is 10.2. The number of halogens is 2. The Hall–Kier alpha value is -1.23. The Bertz CT molecular complexity index is 580. The van der Waals surface area contributed by atoms with Crippen LogP contribution in [0.3, 0.4) is 0 Å². The molecule has 0 aliphatic heterocycles. The van der Waals surface area contributed by atoms with Gasteiger partial charge in [-0.15, -0.1) is 0 Å². The predicted octanol–water partition coefficient (Wildman–Crippen LogP) is 2.52. The number of alkyl halides is 1. The van der Waals surface area contributed by atoms with Crippen LogP contribution in [0.5, 0.6) is 0 Å². The number of nitrogens with zero attached hydrogens (tertiary/aromatic N) is 2. The molecular formula is C11H10BrFN2O. The monoisotopic (exact) mass is 284 g/mol. The molecule has 1 aromatic carbocycles. The summed E-state index contributed by atoms with van der Waals surface area (Å²) in [5.74, 6) is 0. The third-order valence-electron chi connectivity index (χ3n) is 2.23. The van der Waals surface area contributed by atoms with E-state index in [1.807, 2.05) is 6.07 Å². The lowest BCUT2D eigenvalue weighted by Gasteiger charge is -2.07. The molecule has 0 bridgehead atoms. The van der Waals surface area contributed by atoms with E-state index in [-0.39, 0.29) is 12.1 Å². The summed E-state index contributed by atoms with van der Waals surface area (Å²) in [5.41, 5.74) is 0.409. The van der Waals surface area contributed by atoms with Crippen molar-refractivity contribution in [3.05, 3.63) is 39.4 Å². The second-order valence-corrected chi connectivity index (χ2v) is 4.56. The molecule has 3 nitrogen and oxygen atoms in total. The fourth-order valence-electron chi connectivity index (χ4n) is 1.53. The maximum Gasteiger partial charge on any atom is 0.261 e. The second kappa shape index (κ2) is 4.33. The smallest absolute Gasteiger partial charge is 0.261 e. The predicted molar refractivity (Wildman–Crippen MR) is 64.3 cm³/mol. The van der Waals surface area contributed by atoms with Gasteiger partial charge in [-0.05, 0) is 25.1 Å². The standard InChI is InChI=1S/C11H10BrFN2O/c1-7(13)5-15-6-14-10-3-2-8(12)4-9(10)11(15)16/h2-4,6-7H,5H2,1H3.